The van der Waals surface area contributed by atoms with Crippen LogP contribution in [0.1, 0.15) is 50.8 Å². The third-order valence-corrected chi connectivity index (χ3v) is 5.67. The van der Waals surface area contributed by atoms with Gasteiger partial charge < -0.3 is 5.11 Å². The van der Waals surface area contributed by atoms with Crippen molar-refractivity contribution in [1.29, 1.82) is 0 Å². The zero-order valence-corrected chi connectivity index (χ0v) is 12.5. The van der Waals surface area contributed by atoms with Crippen LogP contribution >= 0.6 is 0 Å². The smallest absolute Gasteiger partial charge is 0.155 e. The highest BCUT2D eigenvalue weighted by atomic mass is 32.2. The molecule has 0 aliphatic rings. The minimum Gasteiger partial charge on any atom is -0.387 e. The Balaban J connectivity index is 3.08. The van der Waals surface area contributed by atoms with E-state index in [1.165, 1.54) is 5.56 Å². The molecule has 0 bridgehead atoms. The summed E-state index contributed by atoms with van der Waals surface area (Å²) in [7, 11) is -3.33. The van der Waals surface area contributed by atoms with Crippen LogP contribution in [0.15, 0.2) is 24.3 Å². The summed E-state index contributed by atoms with van der Waals surface area (Å²) in [5, 5.41) is 10.2. The predicted molar refractivity (Wildman–Crippen MR) is 74.4 cm³/mol. The van der Waals surface area contributed by atoms with Gasteiger partial charge in [-0.2, -0.15) is 0 Å². The van der Waals surface area contributed by atoms with Gasteiger partial charge in [-0.05, 0) is 30.9 Å². The van der Waals surface area contributed by atoms with Crippen molar-refractivity contribution in [2.75, 3.05) is 6.26 Å². The number of sulfone groups is 1. The molecule has 0 saturated carbocycles. The zero-order valence-electron chi connectivity index (χ0n) is 11.6. The van der Waals surface area contributed by atoms with Crippen molar-refractivity contribution >= 4 is 9.84 Å². The first-order valence-corrected chi connectivity index (χ1v) is 7.94. The second-order valence-corrected chi connectivity index (χ2v) is 8.20. The van der Waals surface area contributed by atoms with E-state index in [4.69, 9.17) is 0 Å². The maximum Gasteiger partial charge on any atom is 0.155 e. The van der Waals surface area contributed by atoms with E-state index in [0.29, 0.717) is 11.5 Å². The second kappa shape index (κ2) is 5.02. The lowest BCUT2D eigenvalue weighted by Crippen LogP contribution is -2.37. The average molecular weight is 270 g/mol. The first-order chi connectivity index (χ1) is 8.07. The fraction of sp³-hybridized carbons (Fsp3) is 0.571. The van der Waals surface area contributed by atoms with Gasteiger partial charge in [0.1, 0.15) is 0 Å². The fourth-order valence-corrected chi connectivity index (χ4v) is 2.21. The van der Waals surface area contributed by atoms with Crippen LogP contribution < -0.4 is 0 Å². The zero-order chi connectivity index (χ0) is 14.1. The number of hydrogen-bond donors (Lipinski definition) is 1. The maximum absolute atomic E-state index is 11.7. The van der Waals surface area contributed by atoms with Crippen LogP contribution in [0.3, 0.4) is 0 Å². The molecule has 1 aromatic rings. The molecule has 0 aliphatic carbocycles. The molecule has 0 fully saturated rings. The molecule has 0 spiro atoms. The van der Waals surface area contributed by atoms with Gasteiger partial charge in [-0.1, -0.05) is 38.1 Å². The van der Waals surface area contributed by atoms with Crippen LogP contribution in [0.25, 0.3) is 0 Å². The van der Waals surface area contributed by atoms with Crippen molar-refractivity contribution in [3.05, 3.63) is 35.4 Å². The van der Waals surface area contributed by atoms with Crippen LogP contribution in [0, 0.1) is 0 Å². The van der Waals surface area contributed by atoms with Gasteiger partial charge in [0.15, 0.2) is 9.84 Å². The largest absolute Gasteiger partial charge is 0.387 e. The monoisotopic (exact) mass is 270 g/mol. The van der Waals surface area contributed by atoms with Crippen molar-refractivity contribution in [3.63, 3.8) is 0 Å². The van der Waals surface area contributed by atoms with E-state index in [2.05, 4.69) is 13.8 Å². The van der Waals surface area contributed by atoms with Gasteiger partial charge in [-0.25, -0.2) is 8.42 Å². The van der Waals surface area contributed by atoms with Crippen LogP contribution in [0.2, 0.25) is 0 Å². The Morgan fingerprint density at radius 3 is 1.78 bits per heavy atom. The topological polar surface area (TPSA) is 54.4 Å². The molecule has 0 saturated heterocycles. The summed E-state index contributed by atoms with van der Waals surface area (Å²) < 4.78 is 22.2. The number of aliphatic hydroxyl groups excluding tert-OH is 1. The second-order valence-electron chi connectivity index (χ2n) is 5.60. The van der Waals surface area contributed by atoms with Gasteiger partial charge in [0.05, 0.1) is 10.9 Å². The highest BCUT2D eigenvalue weighted by Gasteiger charge is 2.38. The van der Waals surface area contributed by atoms with Gasteiger partial charge in [-0.15, -0.1) is 0 Å². The molecule has 1 aromatic carbocycles. The molecule has 0 amide bonds. The highest BCUT2D eigenvalue weighted by molar-refractivity contribution is 7.92. The van der Waals surface area contributed by atoms with Gasteiger partial charge >= 0.3 is 0 Å². The highest BCUT2D eigenvalue weighted by Crippen LogP contribution is 2.32. The van der Waals surface area contributed by atoms with Crippen molar-refractivity contribution in [2.24, 2.45) is 0 Å². The lowest BCUT2D eigenvalue weighted by molar-refractivity contribution is 0.139. The van der Waals surface area contributed by atoms with Crippen molar-refractivity contribution in [2.45, 2.75) is 44.5 Å². The summed E-state index contributed by atoms with van der Waals surface area (Å²) in [5.41, 5.74) is 1.80. The van der Waals surface area contributed by atoms with E-state index in [-0.39, 0.29) is 0 Å². The number of rotatable bonds is 4. The Morgan fingerprint density at radius 1 is 1.06 bits per heavy atom. The number of benzene rings is 1. The standard InChI is InChI=1S/C14H22O3S/c1-10(2)11-6-8-12(9-7-11)13(15)14(3,4)18(5,16)17/h6-10,13,15H,1-5H3. The molecule has 0 aromatic heterocycles. The minimum absolute atomic E-state index is 0.416. The van der Waals surface area contributed by atoms with E-state index >= 15 is 0 Å². The Morgan fingerprint density at radius 2 is 1.44 bits per heavy atom. The summed E-state index contributed by atoms with van der Waals surface area (Å²) in [5.74, 6) is 0.416. The normalized spacial score (nSPS) is 14.8. The molecule has 0 aliphatic heterocycles. The van der Waals surface area contributed by atoms with Gasteiger partial charge in [0, 0.05) is 6.26 Å². The van der Waals surface area contributed by atoms with Crippen LogP contribution in [-0.2, 0) is 9.84 Å². The molecule has 18 heavy (non-hydrogen) atoms. The van der Waals surface area contributed by atoms with E-state index in [1.54, 1.807) is 26.0 Å². The molecule has 102 valence electrons. The van der Waals surface area contributed by atoms with Crippen molar-refractivity contribution in [3.8, 4) is 0 Å². The number of aliphatic hydroxyl groups is 1. The first kappa shape index (κ1) is 15.2. The molecular weight excluding hydrogens is 248 g/mol. The molecule has 1 N–H and O–H groups in total. The lowest BCUT2D eigenvalue weighted by Gasteiger charge is -2.29. The predicted octanol–water partition coefficient (Wildman–Crippen LogP) is 2.67. The maximum atomic E-state index is 11.7. The van der Waals surface area contributed by atoms with E-state index in [0.717, 1.165) is 6.26 Å². The first-order valence-electron chi connectivity index (χ1n) is 6.05. The molecule has 4 heteroatoms. The van der Waals surface area contributed by atoms with Gasteiger partial charge in [-0.3, -0.25) is 0 Å². The Labute approximate surface area is 110 Å². The Bertz CT molecular complexity index is 498. The summed E-state index contributed by atoms with van der Waals surface area (Å²) in [6.45, 7) is 7.27. The SMILES string of the molecule is CC(C)c1ccc(C(O)C(C)(C)S(C)(=O)=O)cc1. The summed E-state index contributed by atoms with van der Waals surface area (Å²) >= 11 is 0. The lowest BCUT2D eigenvalue weighted by atomic mass is 9.95. The van der Waals surface area contributed by atoms with Gasteiger partial charge in [0.25, 0.3) is 0 Å². The van der Waals surface area contributed by atoms with Gasteiger partial charge in [0.2, 0.25) is 0 Å². The molecule has 0 radical (unpaired) electrons. The Kier molecular flexibility index (Phi) is 4.23. The third kappa shape index (κ3) is 2.93. The van der Waals surface area contributed by atoms with Crippen LogP contribution in [0.5, 0.6) is 0 Å². The Hall–Kier alpha value is -0.870. The fourth-order valence-electron chi connectivity index (χ4n) is 1.67. The van der Waals surface area contributed by atoms with Crippen molar-refractivity contribution < 1.29 is 13.5 Å². The van der Waals surface area contributed by atoms with Crippen molar-refractivity contribution in [1.82, 2.24) is 0 Å². The third-order valence-electron chi connectivity index (χ3n) is 3.53. The molecule has 1 atom stereocenters. The molecule has 1 rings (SSSR count). The summed E-state index contributed by atoms with van der Waals surface area (Å²) in [6.07, 6.45) is 0.132. The molecule has 3 nitrogen and oxygen atoms in total. The average Bonchev–Trinajstić information content (AvgIpc) is 2.26. The summed E-state index contributed by atoms with van der Waals surface area (Å²) in [6, 6.07) is 7.46. The van der Waals surface area contributed by atoms with Crippen LogP contribution in [0.4, 0.5) is 0 Å². The minimum atomic E-state index is -3.33. The van der Waals surface area contributed by atoms with E-state index in [9.17, 15) is 13.5 Å². The number of hydrogen-bond acceptors (Lipinski definition) is 3. The summed E-state index contributed by atoms with van der Waals surface area (Å²) in [4.78, 5) is 0. The molecular formula is C14H22O3S. The van der Waals surface area contributed by atoms with E-state index in [1.807, 2.05) is 12.1 Å². The molecule has 1 unspecified atom stereocenters. The van der Waals surface area contributed by atoms with Crippen LogP contribution in [-0.4, -0.2) is 24.5 Å². The quantitative estimate of drug-likeness (QED) is 0.915. The molecule has 0 heterocycles. The van der Waals surface area contributed by atoms with E-state index < -0.39 is 20.7 Å².